The van der Waals surface area contributed by atoms with Crippen molar-refractivity contribution < 1.29 is 14.3 Å². The molecular formula is C19H19NO3. The van der Waals surface area contributed by atoms with Crippen molar-refractivity contribution in [1.29, 1.82) is 0 Å². The molecule has 0 aliphatic carbocycles. The van der Waals surface area contributed by atoms with Crippen LogP contribution in [0.15, 0.2) is 48.5 Å². The molecule has 0 N–H and O–H groups in total. The highest BCUT2D eigenvalue weighted by Gasteiger charge is 2.35. The van der Waals surface area contributed by atoms with E-state index in [4.69, 9.17) is 4.74 Å². The van der Waals surface area contributed by atoms with Crippen molar-refractivity contribution in [2.75, 3.05) is 13.7 Å². The van der Waals surface area contributed by atoms with E-state index < -0.39 is 5.92 Å². The maximum absolute atomic E-state index is 12.7. The van der Waals surface area contributed by atoms with Crippen LogP contribution in [0, 0.1) is 6.92 Å². The smallest absolute Gasteiger partial charge is 0.314 e. The number of methoxy groups -OCH3 is 1. The molecule has 1 aliphatic heterocycles. The molecule has 1 amide bonds. The molecule has 0 bridgehead atoms. The van der Waals surface area contributed by atoms with Gasteiger partial charge in [-0.05, 0) is 24.1 Å². The van der Waals surface area contributed by atoms with E-state index in [1.807, 2.05) is 49.4 Å². The van der Waals surface area contributed by atoms with Crippen LogP contribution in [0.5, 0.6) is 0 Å². The molecule has 1 unspecified atom stereocenters. The van der Waals surface area contributed by atoms with Crippen molar-refractivity contribution in [2.45, 2.75) is 19.4 Å². The summed E-state index contributed by atoms with van der Waals surface area (Å²) in [4.78, 5) is 26.6. The monoisotopic (exact) mass is 309 g/mol. The van der Waals surface area contributed by atoms with Crippen LogP contribution < -0.4 is 0 Å². The van der Waals surface area contributed by atoms with Crippen molar-refractivity contribution in [3.8, 4) is 0 Å². The molecule has 4 heteroatoms. The van der Waals surface area contributed by atoms with Crippen LogP contribution >= 0.6 is 0 Å². The highest BCUT2D eigenvalue weighted by Crippen LogP contribution is 2.30. The number of hydrogen-bond acceptors (Lipinski definition) is 3. The van der Waals surface area contributed by atoms with Crippen LogP contribution in [0.3, 0.4) is 0 Å². The number of aryl methyl sites for hydroxylation is 1. The number of carbonyl (C=O) groups excluding carboxylic acids is 2. The molecule has 4 nitrogen and oxygen atoms in total. The molecule has 0 fully saturated rings. The maximum atomic E-state index is 12.7. The van der Waals surface area contributed by atoms with Crippen LogP contribution in [0.4, 0.5) is 0 Å². The molecule has 0 spiro atoms. The molecule has 2 aromatic carbocycles. The largest absolute Gasteiger partial charge is 0.468 e. The first-order valence-corrected chi connectivity index (χ1v) is 7.61. The SMILES string of the molecule is COC(=O)C1CN(Cc2ccc(C)cc2)C(=O)c2ccccc21. The molecule has 118 valence electrons. The number of carbonyl (C=O) groups is 2. The Hall–Kier alpha value is -2.62. The van der Waals surface area contributed by atoms with E-state index in [0.29, 0.717) is 18.7 Å². The number of hydrogen-bond donors (Lipinski definition) is 0. The van der Waals surface area contributed by atoms with Gasteiger partial charge in [-0.2, -0.15) is 0 Å². The average molecular weight is 309 g/mol. The minimum Gasteiger partial charge on any atom is -0.468 e. The quantitative estimate of drug-likeness (QED) is 0.819. The van der Waals surface area contributed by atoms with Gasteiger partial charge >= 0.3 is 5.97 Å². The summed E-state index contributed by atoms with van der Waals surface area (Å²) in [6.45, 7) is 2.86. The van der Waals surface area contributed by atoms with Crippen LogP contribution in [0.2, 0.25) is 0 Å². The van der Waals surface area contributed by atoms with E-state index in [-0.39, 0.29) is 11.9 Å². The molecule has 0 radical (unpaired) electrons. The Balaban J connectivity index is 1.92. The third-order valence-corrected chi connectivity index (χ3v) is 4.24. The second-order valence-corrected chi connectivity index (χ2v) is 5.83. The minimum atomic E-state index is -0.431. The van der Waals surface area contributed by atoms with E-state index in [1.165, 1.54) is 12.7 Å². The number of ether oxygens (including phenoxy) is 1. The van der Waals surface area contributed by atoms with Gasteiger partial charge in [-0.1, -0.05) is 48.0 Å². The summed E-state index contributed by atoms with van der Waals surface area (Å²) in [7, 11) is 1.38. The van der Waals surface area contributed by atoms with E-state index in [1.54, 1.807) is 11.0 Å². The van der Waals surface area contributed by atoms with Gasteiger partial charge in [0.2, 0.25) is 0 Å². The van der Waals surface area contributed by atoms with Gasteiger partial charge in [0.05, 0.1) is 7.11 Å². The second-order valence-electron chi connectivity index (χ2n) is 5.83. The van der Waals surface area contributed by atoms with Gasteiger partial charge in [-0.15, -0.1) is 0 Å². The number of nitrogens with zero attached hydrogens (tertiary/aromatic N) is 1. The fraction of sp³-hybridized carbons (Fsp3) is 0.263. The van der Waals surface area contributed by atoms with Crippen molar-refractivity contribution in [2.24, 2.45) is 0 Å². The van der Waals surface area contributed by atoms with Crippen molar-refractivity contribution in [3.63, 3.8) is 0 Å². The zero-order valence-corrected chi connectivity index (χ0v) is 13.3. The molecule has 3 rings (SSSR count). The molecular weight excluding hydrogens is 290 g/mol. The van der Waals surface area contributed by atoms with Gasteiger partial charge < -0.3 is 9.64 Å². The summed E-state index contributed by atoms with van der Waals surface area (Å²) in [5.41, 5.74) is 3.56. The Morgan fingerprint density at radius 1 is 1.17 bits per heavy atom. The minimum absolute atomic E-state index is 0.0404. The molecule has 0 saturated heterocycles. The zero-order valence-electron chi connectivity index (χ0n) is 13.3. The van der Waals surface area contributed by atoms with Crippen LogP contribution in [0.25, 0.3) is 0 Å². The lowest BCUT2D eigenvalue weighted by molar-refractivity contribution is -0.142. The van der Waals surface area contributed by atoms with Crippen molar-refractivity contribution >= 4 is 11.9 Å². The van der Waals surface area contributed by atoms with Gasteiger partial charge in [0, 0.05) is 18.7 Å². The van der Waals surface area contributed by atoms with Crippen LogP contribution in [0.1, 0.15) is 33.0 Å². The Labute approximate surface area is 135 Å². The summed E-state index contributed by atoms with van der Waals surface area (Å²) in [6, 6.07) is 15.3. The van der Waals surface area contributed by atoms with Gasteiger partial charge in [-0.3, -0.25) is 9.59 Å². The van der Waals surface area contributed by atoms with E-state index in [9.17, 15) is 9.59 Å². The highest BCUT2D eigenvalue weighted by atomic mass is 16.5. The predicted octanol–water partition coefficient (Wildman–Crippen LogP) is 2.91. The van der Waals surface area contributed by atoms with Crippen molar-refractivity contribution in [3.05, 3.63) is 70.8 Å². The standard InChI is InChI=1S/C19H19NO3/c1-13-7-9-14(10-8-13)11-20-12-17(19(22)23-2)15-5-3-4-6-16(15)18(20)21/h3-10,17H,11-12H2,1-2H3. The fourth-order valence-electron chi connectivity index (χ4n) is 2.96. The third-order valence-electron chi connectivity index (χ3n) is 4.24. The first-order valence-electron chi connectivity index (χ1n) is 7.61. The third kappa shape index (κ3) is 2.97. The lowest BCUT2D eigenvalue weighted by Crippen LogP contribution is -2.42. The first kappa shape index (κ1) is 15.3. The highest BCUT2D eigenvalue weighted by molar-refractivity contribution is 5.99. The fourth-order valence-corrected chi connectivity index (χ4v) is 2.96. The Morgan fingerprint density at radius 2 is 1.87 bits per heavy atom. The van der Waals surface area contributed by atoms with Gasteiger partial charge in [0.25, 0.3) is 5.91 Å². The molecule has 1 aliphatic rings. The first-order chi connectivity index (χ1) is 11.1. The average Bonchev–Trinajstić information content (AvgIpc) is 2.58. The second kappa shape index (κ2) is 6.24. The van der Waals surface area contributed by atoms with Crippen LogP contribution in [-0.4, -0.2) is 30.4 Å². The van der Waals surface area contributed by atoms with Gasteiger partial charge in [-0.25, -0.2) is 0 Å². The summed E-state index contributed by atoms with van der Waals surface area (Å²) >= 11 is 0. The number of fused-ring (bicyclic) bond motifs is 1. The zero-order chi connectivity index (χ0) is 16.4. The Morgan fingerprint density at radius 3 is 2.57 bits per heavy atom. The van der Waals surface area contributed by atoms with E-state index in [2.05, 4.69) is 0 Å². The van der Waals surface area contributed by atoms with E-state index in [0.717, 1.165) is 11.1 Å². The molecule has 0 saturated carbocycles. The number of esters is 1. The molecule has 2 aromatic rings. The lowest BCUT2D eigenvalue weighted by atomic mass is 9.89. The summed E-state index contributed by atoms with van der Waals surface area (Å²) < 4.78 is 4.92. The van der Waals surface area contributed by atoms with Crippen molar-refractivity contribution in [1.82, 2.24) is 4.90 Å². The lowest BCUT2D eigenvalue weighted by Gasteiger charge is -2.33. The molecule has 0 aromatic heterocycles. The number of amides is 1. The maximum Gasteiger partial charge on any atom is 0.314 e. The van der Waals surface area contributed by atoms with Crippen LogP contribution in [-0.2, 0) is 16.1 Å². The van der Waals surface area contributed by atoms with E-state index >= 15 is 0 Å². The molecule has 1 atom stereocenters. The normalized spacial score (nSPS) is 16.9. The molecule has 23 heavy (non-hydrogen) atoms. The Bertz CT molecular complexity index is 737. The van der Waals surface area contributed by atoms with Gasteiger partial charge in [0.1, 0.15) is 5.92 Å². The predicted molar refractivity (Wildman–Crippen MR) is 87.1 cm³/mol. The topological polar surface area (TPSA) is 46.6 Å². The summed E-state index contributed by atoms with van der Waals surface area (Å²) in [5, 5.41) is 0. The van der Waals surface area contributed by atoms with Gasteiger partial charge in [0.15, 0.2) is 0 Å². The Kier molecular flexibility index (Phi) is 4.15. The summed E-state index contributed by atoms with van der Waals surface area (Å²) in [5.74, 6) is -0.778. The number of rotatable bonds is 3. The summed E-state index contributed by atoms with van der Waals surface area (Å²) in [6.07, 6.45) is 0. The number of benzene rings is 2. The molecule has 1 heterocycles.